The van der Waals surface area contributed by atoms with Gasteiger partial charge in [0.1, 0.15) is 11.5 Å². The van der Waals surface area contributed by atoms with Crippen LogP contribution in [0.2, 0.25) is 0 Å². The molecule has 0 heterocycles. The number of ether oxygens (including phenoxy) is 2. The van der Waals surface area contributed by atoms with Crippen LogP contribution in [0.15, 0.2) is 60.7 Å². The van der Waals surface area contributed by atoms with Gasteiger partial charge in [-0.2, -0.15) is 0 Å². The number of carbonyl (C=O) groups is 2. The van der Waals surface area contributed by atoms with Crippen molar-refractivity contribution >= 4 is 33.1 Å². The van der Waals surface area contributed by atoms with Crippen molar-refractivity contribution in [1.82, 2.24) is 0 Å². The molecule has 1 aliphatic rings. The van der Waals surface area contributed by atoms with Gasteiger partial charge in [-0.1, -0.05) is 48.5 Å². The van der Waals surface area contributed by atoms with E-state index in [1.165, 1.54) is 0 Å². The van der Waals surface area contributed by atoms with Crippen molar-refractivity contribution in [3.8, 4) is 11.5 Å². The number of carbonyl (C=O) groups excluding carboxylic acids is 2. The van der Waals surface area contributed by atoms with Crippen molar-refractivity contribution in [2.24, 2.45) is 0 Å². The first-order valence-corrected chi connectivity index (χ1v) is 8.94. The molecule has 4 heteroatoms. The van der Waals surface area contributed by atoms with Crippen LogP contribution in [0.4, 0.5) is 0 Å². The number of methoxy groups -OCH3 is 2. The third-order valence-electron chi connectivity index (χ3n) is 5.38. The summed E-state index contributed by atoms with van der Waals surface area (Å²) in [5.74, 6) is 1.02. The normalized spacial score (nSPS) is 12.8. The largest absolute Gasteiger partial charge is 0.495 e. The molecule has 0 aliphatic heterocycles. The van der Waals surface area contributed by atoms with E-state index in [0.29, 0.717) is 33.8 Å². The monoisotopic (exact) mass is 368 g/mol. The highest BCUT2D eigenvalue weighted by Crippen LogP contribution is 2.44. The summed E-state index contributed by atoms with van der Waals surface area (Å²) in [6, 6.07) is 18.2. The first-order chi connectivity index (χ1) is 13.7. The summed E-state index contributed by atoms with van der Waals surface area (Å²) in [5.41, 5.74) is 1.66. The Labute approximate surface area is 161 Å². The van der Waals surface area contributed by atoms with Crippen molar-refractivity contribution in [2.75, 3.05) is 14.2 Å². The summed E-state index contributed by atoms with van der Waals surface area (Å²) in [7, 11) is 3.21. The topological polar surface area (TPSA) is 52.6 Å². The molecule has 4 nitrogen and oxygen atoms in total. The molecule has 1 aliphatic carbocycles. The third-order valence-corrected chi connectivity index (χ3v) is 5.38. The number of hydrogen-bond acceptors (Lipinski definition) is 4. The molecule has 0 unspecified atom stereocenters. The smallest absolute Gasteiger partial charge is 0.194 e. The minimum Gasteiger partial charge on any atom is -0.495 e. The van der Waals surface area contributed by atoms with Gasteiger partial charge in [-0.15, -0.1) is 0 Å². The van der Waals surface area contributed by atoms with Crippen molar-refractivity contribution in [3.05, 3.63) is 82.9 Å². The Kier molecular flexibility index (Phi) is 3.49. The highest BCUT2D eigenvalue weighted by Gasteiger charge is 2.31. The number of benzene rings is 4. The quantitative estimate of drug-likeness (QED) is 0.421. The number of hydrogen-bond donors (Lipinski definition) is 0. The second-order valence-electron chi connectivity index (χ2n) is 6.76. The van der Waals surface area contributed by atoms with E-state index in [9.17, 15) is 9.59 Å². The summed E-state index contributed by atoms with van der Waals surface area (Å²) < 4.78 is 11.4. The van der Waals surface area contributed by atoms with Gasteiger partial charge in [0.25, 0.3) is 0 Å². The van der Waals surface area contributed by atoms with E-state index in [0.717, 1.165) is 21.5 Å². The van der Waals surface area contributed by atoms with Crippen LogP contribution in [0.5, 0.6) is 11.5 Å². The molecular weight excluding hydrogens is 352 g/mol. The van der Waals surface area contributed by atoms with E-state index >= 15 is 0 Å². The summed E-state index contributed by atoms with van der Waals surface area (Å²) in [6.45, 7) is 0. The average molecular weight is 368 g/mol. The number of rotatable bonds is 2. The van der Waals surface area contributed by atoms with Crippen LogP contribution < -0.4 is 9.47 Å². The lowest BCUT2D eigenvalue weighted by Gasteiger charge is -2.21. The van der Waals surface area contributed by atoms with E-state index in [-0.39, 0.29) is 11.6 Å². The lowest BCUT2D eigenvalue weighted by Crippen LogP contribution is -2.20. The molecule has 0 N–H and O–H groups in total. The Hall–Kier alpha value is -3.66. The Morgan fingerprint density at radius 2 is 0.929 bits per heavy atom. The third kappa shape index (κ3) is 2.06. The molecule has 0 atom stereocenters. The maximum absolute atomic E-state index is 13.1. The van der Waals surface area contributed by atoms with Crippen molar-refractivity contribution in [1.29, 1.82) is 0 Å². The summed E-state index contributed by atoms with van der Waals surface area (Å²) >= 11 is 0. The van der Waals surface area contributed by atoms with E-state index in [4.69, 9.17) is 9.47 Å². The van der Waals surface area contributed by atoms with Gasteiger partial charge in [0, 0.05) is 43.8 Å². The first-order valence-electron chi connectivity index (χ1n) is 8.94. The average Bonchev–Trinajstić information content (AvgIpc) is 2.74. The molecule has 0 radical (unpaired) electrons. The van der Waals surface area contributed by atoms with Gasteiger partial charge < -0.3 is 9.47 Å². The van der Waals surface area contributed by atoms with Gasteiger partial charge in [-0.3, -0.25) is 9.59 Å². The molecule has 0 amide bonds. The SMILES string of the molecule is COc1c2ccccc2c(OC)c2cc3c(cc12)C(=O)c1ccccc1C3=O. The van der Waals surface area contributed by atoms with Gasteiger partial charge in [-0.25, -0.2) is 0 Å². The molecule has 0 fully saturated rings. The van der Waals surface area contributed by atoms with Crippen molar-refractivity contribution < 1.29 is 19.1 Å². The van der Waals surface area contributed by atoms with Crippen LogP contribution in [-0.2, 0) is 0 Å². The second kappa shape index (κ2) is 5.92. The van der Waals surface area contributed by atoms with Gasteiger partial charge in [0.2, 0.25) is 0 Å². The van der Waals surface area contributed by atoms with Crippen molar-refractivity contribution in [3.63, 3.8) is 0 Å². The molecule has 4 aromatic rings. The summed E-state index contributed by atoms with van der Waals surface area (Å²) in [4.78, 5) is 26.2. The molecule has 0 saturated carbocycles. The van der Waals surface area contributed by atoms with Gasteiger partial charge in [-0.05, 0) is 12.1 Å². The van der Waals surface area contributed by atoms with Crippen LogP contribution in [0, 0.1) is 0 Å². The summed E-state index contributed by atoms with van der Waals surface area (Å²) in [6.07, 6.45) is 0. The minimum absolute atomic E-state index is 0.152. The molecule has 0 aromatic heterocycles. The molecular formula is C24H16O4. The predicted octanol–water partition coefficient (Wildman–Crippen LogP) is 4.79. The maximum Gasteiger partial charge on any atom is 0.194 e. The van der Waals surface area contributed by atoms with Gasteiger partial charge >= 0.3 is 0 Å². The van der Waals surface area contributed by atoms with Crippen LogP contribution in [0.25, 0.3) is 21.5 Å². The fourth-order valence-corrected chi connectivity index (χ4v) is 4.13. The first kappa shape index (κ1) is 16.5. The zero-order valence-corrected chi connectivity index (χ0v) is 15.4. The Morgan fingerprint density at radius 3 is 1.32 bits per heavy atom. The molecule has 5 rings (SSSR count). The Morgan fingerprint density at radius 1 is 0.536 bits per heavy atom. The van der Waals surface area contributed by atoms with Gasteiger partial charge in [0.15, 0.2) is 11.6 Å². The zero-order valence-electron chi connectivity index (χ0n) is 15.4. The number of ketones is 2. The fourth-order valence-electron chi connectivity index (χ4n) is 4.13. The van der Waals surface area contributed by atoms with E-state index in [1.807, 2.05) is 24.3 Å². The Balaban J connectivity index is 1.94. The Bertz CT molecular complexity index is 1220. The van der Waals surface area contributed by atoms with Crippen LogP contribution >= 0.6 is 0 Å². The lowest BCUT2D eigenvalue weighted by molar-refractivity contribution is 0.0979. The molecule has 0 spiro atoms. The van der Waals surface area contributed by atoms with Crippen LogP contribution in [0.3, 0.4) is 0 Å². The second-order valence-corrected chi connectivity index (χ2v) is 6.76. The summed E-state index contributed by atoms with van der Waals surface area (Å²) in [5, 5.41) is 3.28. The molecule has 28 heavy (non-hydrogen) atoms. The lowest BCUT2D eigenvalue weighted by atomic mass is 9.82. The standard InChI is InChI=1S/C24H16O4/c1-27-23-15-9-5-6-10-16(15)24(28-2)20-12-18-17(11-19(20)23)21(25)13-7-3-4-8-14(13)22(18)26/h3-12H,1-2H3. The molecule has 4 aromatic carbocycles. The highest BCUT2D eigenvalue weighted by molar-refractivity contribution is 6.30. The highest BCUT2D eigenvalue weighted by atomic mass is 16.5. The van der Waals surface area contributed by atoms with Crippen molar-refractivity contribution in [2.45, 2.75) is 0 Å². The van der Waals surface area contributed by atoms with Crippen LogP contribution in [-0.4, -0.2) is 25.8 Å². The number of fused-ring (bicyclic) bond motifs is 4. The predicted molar refractivity (Wildman–Crippen MR) is 108 cm³/mol. The molecule has 0 saturated heterocycles. The van der Waals surface area contributed by atoms with Crippen LogP contribution in [0.1, 0.15) is 31.8 Å². The maximum atomic E-state index is 13.1. The zero-order chi connectivity index (χ0) is 19.4. The minimum atomic E-state index is -0.152. The molecule has 0 bridgehead atoms. The fraction of sp³-hybridized carbons (Fsp3) is 0.0833. The molecule has 136 valence electrons. The van der Waals surface area contributed by atoms with E-state index < -0.39 is 0 Å². The van der Waals surface area contributed by atoms with E-state index in [2.05, 4.69) is 0 Å². The van der Waals surface area contributed by atoms with Gasteiger partial charge in [0.05, 0.1) is 14.2 Å². The van der Waals surface area contributed by atoms with E-state index in [1.54, 1.807) is 50.6 Å².